The summed E-state index contributed by atoms with van der Waals surface area (Å²) in [7, 11) is 4.97. The Labute approximate surface area is 135 Å². The Morgan fingerprint density at radius 2 is 1.59 bits per heavy atom. The van der Waals surface area contributed by atoms with Crippen molar-refractivity contribution < 1.29 is 17.9 Å². The molecule has 0 amide bonds. The Morgan fingerprint density at radius 1 is 1.00 bits per heavy atom. The summed E-state index contributed by atoms with van der Waals surface area (Å²) in [5, 5.41) is -0.851. The molecule has 2 aromatic carbocycles. The molecule has 2 rings (SSSR count). The van der Waals surface area contributed by atoms with Crippen LogP contribution in [0.25, 0.3) is 0 Å². The van der Waals surface area contributed by atoms with Crippen molar-refractivity contribution in [2.45, 2.75) is 11.7 Å². The summed E-state index contributed by atoms with van der Waals surface area (Å²) >= 11 is 0. The number of benzene rings is 2. The topological polar surface area (TPSA) is 52.6 Å². The summed E-state index contributed by atoms with van der Waals surface area (Å²) in [4.78, 5) is 0. The maximum Gasteiger partial charge on any atom is 0.239 e. The molecule has 0 bridgehead atoms. The molecule has 6 heteroatoms. The minimum atomic E-state index is -3.78. The number of hydrogen-bond donors (Lipinski definition) is 0. The van der Waals surface area contributed by atoms with Gasteiger partial charge in [0.15, 0.2) is 0 Å². The van der Waals surface area contributed by atoms with E-state index in [1.54, 1.807) is 43.5 Å². The van der Waals surface area contributed by atoms with Crippen LogP contribution in [0, 0.1) is 0 Å². The first-order valence-corrected chi connectivity index (χ1v) is 9.01. The molecular weight excluding hydrogens is 324 g/mol. The zero-order valence-electron chi connectivity index (χ0n) is 12.3. The third-order valence-electron chi connectivity index (χ3n) is 3.36. The lowest BCUT2D eigenvalue weighted by atomic mass is 10.0. The monoisotopic (exact) mass is 340 g/mol. The zero-order chi connectivity index (χ0) is 16.2. The second-order valence-electron chi connectivity index (χ2n) is 4.80. The molecule has 1 unspecified atom stereocenters. The summed E-state index contributed by atoms with van der Waals surface area (Å²) in [6.07, 6.45) is 0.260. The van der Waals surface area contributed by atoms with E-state index < -0.39 is 14.3 Å². The second-order valence-corrected chi connectivity index (χ2v) is 7.61. The van der Waals surface area contributed by atoms with Crippen LogP contribution in [0.3, 0.4) is 0 Å². The maximum absolute atomic E-state index is 12.0. The number of rotatable bonds is 6. The molecule has 0 spiro atoms. The van der Waals surface area contributed by atoms with Crippen molar-refractivity contribution in [2.75, 3.05) is 14.2 Å². The average molecular weight is 341 g/mol. The first-order valence-electron chi connectivity index (χ1n) is 6.64. The first-order chi connectivity index (χ1) is 10.4. The fraction of sp³-hybridized carbons (Fsp3) is 0.250. The van der Waals surface area contributed by atoms with Gasteiger partial charge in [0, 0.05) is 10.7 Å². The second kappa shape index (κ2) is 7.03. The lowest BCUT2D eigenvalue weighted by Gasteiger charge is -2.15. The van der Waals surface area contributed by atoms with Crippen LogP contribution < -0.4 is 9.47 Å². The van der Waals surface area contributed by atoms with Gasteiger partial charge >= 0.3 is 0 Å². The summed E-state index contributed by atoms with van der Waals surface area (Å²) in [6, 6.07) is 14.2. The van der Waals surface area contributed by atoms with Gasteiger partial charge in [-0.25, -0.2) is 8.42 Å². The Bertz CT molecular complexity index is 743. The van der Waals surface area contributed by atoms with Crippen LogP contribution >= 0.6 is 10.7 Å². The number of ether oxygens (including phenoxy) is 2. The van der Waals surface area contributed by atoms with Gasteiger partial charge in [0.1, 0.15) is 16.7 Å². The molecule has 118 valence electrons. The third-order valence-corrected chi connectivity index (χ3v) is 5.12. The molecule has 0 saturated heterocycles. The molecule has 0 aliphatic carbocycles. The van der Waals surface area contributed by atoms with Crippen molar-refractivity contribution in [1.82, 2.24) is 0 Å². The highest BCUT2D eigenvalue weighted by atomic mass is 35.7. The Kier molecular flexibility index (Phi) is 5.32. The predicted molar refractivity (Wildman–Crippen MR) is 87.2 cm³/mol. The summed E-state index contributed by atoms with van der Waals surface area (Å²) in [5.74, 6) is 1.27. The molecule has 0 aliphatic heterocycles. The van der Waals surface area contributed by atoms with E-state index in [4.69, 9.17) is 20.2 Å². The Hall–Kier alpha value is -1.72. The Balaban J connectivity index is 2.38. The van der Waals surface area contributed by atoms with Crippen LogP contribution in [0.5, 0.6) is 11.5 Å². The predicted octanol–water partition coefficient (Wildman–Crippen LogP) is 3.56. The number of hydrogen-bond acceptors (Lipinski definition) is 4. The van der Waals surface area contributed by atoms with Gasteiger partial charge in [-0.2, -0.15) is 0 Å². The maximum atomic E-state index is 12.0. The van der Waals surface area contributed by atoms with Gasteiger partial charge in [0.05, 0.1) is 14.2 Å². The molecule has 0 aromatic heterocycles. The van der Waals surface area contributed by atoms with Gasteiger partial charge in [-0.05, 0) is 41.8 Å². The lowest BCUT2D eigenvalue weighted by Crippen LogP contribution is -2.11. The van der Waals surface area contributed by atoms with E-state index in [1.807, 2.05) is 12.1 Å². The van der Waals surface area contributed by atoms with E-state index in [9.17, 15) is 8.42 Å². The van der Waals surface area contributed by atoms with Crippen LogP contribution in [0.1, 0.15) is 16.4 Å². The van der Waals surface area contributed by atoms with Crippen molar-refractivity contribution in [1.29, 1.82) is 0 Å². The normalized spacial score (nSPS) is 12.7. The van der Waals surface area contributed by atoms with E-state index in [2.05, 4.69) is 0 Å². The van der Waals surface area contributed by atoms with Crippen molar-refractivity contribution in [3.63, 3.8) is 0 Å². The van der Waals surface area contributed by atoms with E-state index in [0.717, 1.165) is 5.56 Å². The summed E-state index contributed by atoms with van der Waals surface area (Å²) in [5.41, 5.74) is 1.42. The summed E-state index contributed by atoms with van der Waals surface area (Å²) < 4.78 is 34.3. The molecule has 22 heavy (non-hydrogen) atoms. The van der Waals surface area contributed by atoms with E-state index in [1.165, 1.54) is 7.11 Å². The van der Waals surface area contributed by atoms with Crippen LogP contribution in [-0.2, 0) is 15.5 Å². The molecule has 0 fully saturated rings. The summed E-state index contributed by atoms with van der Waals surface area (Å²) in [6.45, 7) is 0. The van der Waals surface area contributed by atoms with Crippen molar-refractivity contribution in [3.05, 3.63) is 59.7 Å². The molecule has 0 radical (unpaired) electrons. The largest absolute Gasteiger partial charge is 0.497 e. The molecule has 0 aliphatic rings. The molecule has 4 nitrogen and oxygen atoms in total. The van der Waals surface area contributed by atoms with Gasteiger partial charge in [-0.1, -0.05) is 24.3 Å². The van der Waals surface area contributed by atoms with Gasteiger partial charge in [0.25, 0.3) is 0 Å². The smallest absolute Gasteiger partial charge is 0.239 e. The van der Waals surface area contributed by atoms with Crippen LogP contribution in [-0.4, -0.2) is 22.6 Å². The molecule has 0 saturated carbocycles. The number of methoxy groups -OCH3 is 2. The minimum Gasteiger partial charge on any atom is -0.497 e. The first kappa shape index (κ1) is 16.6. The van der Waals surface area contributed by atoms with Gasteiger partial charge in [-0.3, -0.25) is 0 Å². The molecule has 2 aromatic rings. The third kappa shape index (κ3) is 4.15. The molecule has 1 atom stereocenters. The molecule has 0 heterocycles. The van der Waals surface area contributed by atoms with E-state index >= 15 is 0 Å². The van der Waals surface area contributed by atoms with Crippen molar-refractivity contribution in [3.8, 4) is 11.5 Å². The fourth-order valence-corrected chi connectivity index (χ4v) is 3.60. The van der Waals surface area contributed by atoms with E-state index in [0.29, 0.717) is 17.1 Å². The quantitative estimate of drug-likeness (QED) is 0.754. The average Bonchev–Trinajstić information content (AvgIpc) is 2.51. The Morgan fingerprint density at radius 3 is 2.18 bits per heavy atom. The van der Waals surface area contributed by atoms with Crippen molar-refractivity contribution >= 4 is 19.7 Å². The molecular formula is C16H17ClO4S. The highest BCUT2D eigenvalue weighted by Gasteiger charge is 2.26. The molecule has 0 N–H and O–H groups in total. The van der Waals surface area contributed by atoms with Crippen LogP contribution in [0.2, 0.25) is 0 Å². The minimum absolute atomic E-state index is 0.260. The zero-order valence-corrected chi connectivity index (χ0v) is 13.9. The van der Waals surface area contributed by atoms with E-state index in [-0.39, 0.29) is 6.42 Å². The number of halogens is 1. The van der Waals surface area contributed by atoms with Crippen molar-refractivity contribution in [2.24, 2.45) is 0 Å². The SMILES string of the molecule is COc1cccc(CC(c2cccc(OC)c2)S(=O)(=O)Cl)c1. The highest BCUT2D eigenvalue weighted by molar-refractivity contribution is 8.13. The highest BCUT2D eigenvalue weighted by Crippen LogP contribution is 2.32. The van der Waals surface area contributed by atoms with Gasteiger partial charge in [0.2, 0.25) is 9.05 Å². The van der Waals surface area contributed by atoms with Gasteiger partial charge < -0.3 is 9.47 Å². The standard InChI is InChI=1S/C16H17ClO4S/c1-20-14-7-3-5-12(9-14)10-16(22(17,18)19)13-6-4-8-15(11-13)21-2/h3-9,11,16H,10H2,1-2H3. The van der Waals surface area contributed by atoms with Gasteiger partial charge in [-0.15, -0.1) is 0 Å². The lowest BCUT2D eigenvalue weighted by molar-refractivity contribution is 0.413. The van der Waals surface area contributed by atoms with Crippen LogP contribution in [0.15, 0.2) is 48.5 Å². The fourth-order valence-electron chi connectivity index (χ4n) is 2.24. The van der Waals surface area contributed by atoms with Crippen LogP contribution in [0.4, 0.5) is 0 Å².